The largest absolute Gasteiger partial charge is 0.403 e. The molecular formula is C31H42FN3. The minimum atomic E-state index is -0.0831. The number of nitrogens with zero attached hydrogens (tertiary/aromatic N) is 2. The van der Waals surface area contributed by atoms with Gasteiger partial charge in [-0.05, 0) is 85.4 Å². The van der Waals surface area contributed by atoms with Crippen LogP contribution in [0.15, 0.2) is 72.1 Å². The maximum Gasteiger partial charge on any atom is 0.134 e. The van der Waals surface area contributed by atoms with Gasteiger partial charge in [-0.2, -0.15) is 5.10 Å². The maximum atomic E-state index is 15.5. The molecule has 0 aliphatic carbocycles. The molecule has 1 aliphatic rings. The van der Waals surface area contributed by atoms with E-state index in [0.717, 1.165) is 36.0 Å². The molecule has 1 aliphatic heterocycles. The van der Waals surface area contributed by atoms with E-state index in [0.29, 0.717) is 23.7 Å². The number of halogens is 1. The summed E-state index contributed by atoms with van der Waals surface area (Å²) in [6.07, 6.45) is 8.52. The lowest BCUT2D eigenvalue weighted by Crippen LogP contribution is -2.20. The number of nitrogens with two attached hydrogens (primary N) is 1. The van der Waals surface area contributed by atoms with Gasteiger partial charge in [0.2, 0.25) is 0 Å². The molecular weight excluding hydrogens is 433 g/mol. The van der Waals surface area contributed by atoms with E-state index in [2.05, 4.69) is 70.4 Å². The van der Waals surface area contributed by atoms with E-state index in [-0.39, 0.29) is 11.2 Å². The number of benzene rings is 2. The van der Waals surface area contributed by atoms with Gasteiger partial charge in [-0.15, -0.1) is 0 Å². The first-order valence-corrected chi connectivity index (χ1v) is 12.3. The van der Waals surface area contributed by atoms with E-state index < -0.39 is 0 Å². The zero-order valence-electron chi connectivity index (χ0n) is 22.4. The summed E-state index contributed by atoms with van der Waals surface area (Å²) in [4.78, 5) is 0. The summed E-state index contributed by atoms with van der Waals surface area (Å²) < 4.78 is 15.5. The van der Waals surface area contributed by atoms with Crippen molar-refractivity contribution in [3.63, 3.8) is 0 Å². The lowest BCUT2D eigenvalue weighted by Gasteiger charge is -2.32. The Morgan fingerprint density at radius 2 is 1.80 bits per heavy atom. The third kappa shape index (κ3) is 7.95. The first-order chi connectivity index (χ1) is 16.5. The van der Waals surface area contributed by atoms with Crippen molar-refractivity contribution < 1.29 is 4.39 Å². The first kappa shape index (κ1) is 28.1. The van der Waals surface area contributed by atoms with Crippen molar-refractivity contribution >= 4 is 12.3 Å². The van der Waals surface area contributed by atoms with Crippen molar-refractivity contribution in [3.05, 3.63) is 101 Å². The number of aryl methyl sites for hydroxylation is 2. The second-order valence-electron chi connectivity index (χ2n) is 10.3. The topological polar surface area (TPSA) is 41.6 Å². The minimum absolute atomic E-state index is 0.0831. The summed E-state index contributed by atoms with van der Waals surface area (Å²) in [5, 5.41) is 5.62. The first-order valence-electron chi connectivity index (χ1n) is 12.3. The molecule has 4 heteroatoms. The van der Waals surface area contributed by atoms with Crippen molar-refractivity contribution in [1.29, 1.82) is 0 Å². The number of hydrogen-bond acceptors (Lipinski definition) is 3. The Morgan fingerprint density at radius 3 is 2.34 bits per heavy atom. The van der Waals surface area contributed by atoms with Gasteiger partial charge < -0.3 is 5.73 Å². The van der Waals surface area contributed by atoms with Gasteiger partial charge in [0.25, 0.3) is 0 Å². The quantitative estimate of drug-likeness (QED) is 0.394. The molecule has 3 rings (SSSR count). The van der Waals surface area contributed by atoms with Gasteiger partial charge in [-0.1, -0.05) is 75.4 Å². The molecule has 0 fully saturated rings. The molecule has 0 aromatic heterocycles. The molecule has 0 amide bonds. The normalized spacial score (nSPS) is 14.0. The van der Waals surface area contributed by atoms with E-state index in [4.69, 9.17) is 5.73 Å². The molecule has 188 valence electrons. The molecule has 1 heterocycles. The van der Waals surface area contributed by atoms with Crippen molar-refractivity contribution in [2.75, 3.05) is 6.54 Å². The molecule has 0 radical (unpaired) electrons. The highest BCUT2D eigenvalue weighted by atomic mass is 19.1. The van der Waals surface area contributed by atoms with Gasteiger partial charge in [0.05, 0.1) is 6.54 Å². The van der Waals surface area contributed by atoms with Crippen molar-refractivity contribution in [2.24, 2.45) is 16.3 Å². The van der Waals surface area contributed by atoms with Crippen LogP contribution in [0.1, 0.15) is 74.3 Å². The monoisotopic (exact) mass is 475 g/mol. The summed E-state index contributed by atoms with van der Waals surface area (Å²) in [7, 11) is 0. The standard InChI is InChI=1S/C28H35FN2.C3H7N/c1-20-9-12-23(13-10-20)22(3)28(4,5)17-7-8-25-21(2)11-14-26(27(25)29)24-15-18-31(30-6)19-16-24;1-3(2)4/h9-16,18,22H,6-8,17,19H2,1-5H3;1,4H2,2H3. The lowest BCUT2D eigenvalue weighted by atomic mass is 9.72. The van der Waals surface area contributed by atoms with Crippen LogP contribution in [-0.4, -0.2) is 18.3 Å². The van der Waals surface area contributed by atoms with Crippen molar-refractivity contribution in [3.8, 4) is 0 Å². The second-order valence-corrected chi connectivity index (χ2v) is 10.3. The van der Waals surface area contributed by atoms with Crippen LogP contribution in [0.4, 0.5) is 4.39 Å². The van der Waals surface area contributed by atoms with Crippen molar-refractivity contribution in [1.82, 2.24) is 5.01 Å². The fraction of sp³-hybridized carbons (Fsp3) is 0.387. The molecule has 0 bridgehead atoms. The smallest absolute Gasteiger partial charge is 0.134 e. The van der Waals surface area contributed by atoms with Gasteiger partial charge in [-0.3, -0.25) is 5.01 Å². The number of hydrogen-bond donors (Lipinski definition) is 1. The summed E-state index contributed by atoms with van der Waals surface area (Å²) in [6.45, 7) is 20.3. The third-order valence-electron chi connectivity index (χ3n) is 6.89. The molecule has 2 aromatic carbocycles. The van der Waals surface area contributed by atoms with Crippen LogP contribution in [0.2, 0.25) is 0 Å². The molecule has 35 heavy (non-hydrogen) atoms. The highest BCUT2D eigenvalue weighted by molar-refractivity contribution is 5.76. The van der Waals surface area contributed by atoms with Crippen molar-refractivity contribution in [2.45, 2.75) is 66.7 Å². The van der Waals surface area contributed by atoms with Gasteiger partial charge in [0.15, 0.2) is 0 Å². The van der Waals surface area contributed by atoms with Gasteiger partial charge in [-0.25, -0.2) is 4.39 Å². The minimum Gasteiger partial charge on any atom is -0.403 e. The van der Waals surface area contributed by atoms with Crippen LogP contribution < -0.4 is 5.73 Å². The summed E-state index contributed by atoms with van der Waals surface area (Å²) in [5.74, 6) is 0.365. The van der Waals surface area contributed by atoms with Gasteiger partial charge >= 0.3 is 0 Å². The van der Waals surface area contributed by atoms with Crippen LogP contribution >= 0.6 is 0 Å². The Hall–Kier alpha value is -3.14. The third-order valence-corrected chi connectivity index (χ3v) is 6.89. The fourth-order valence-electron chi connectivity index (χ4n) is 4.28. The Labute approximate surface area is 211 Å². The van der Waals surface area contributed by atoms with Crippen LogP contribution in [0.25, 0.3) is 5.57 Å². The van der Waals surface area contributed by atoms with Gasteiger partial charge in [0.1, 0.15) is 5.82 Å². The molecule has 1 unspecified atom stereocenters. The van der Waals surface area contributed by atoms with E-state index in [1.165, 1.54) is 11.1 Å². The summed E-state index contributed by atoms with van der Waals surface area (Å²) in [6, 6.07) is 12.8. The van der Waals surface area contributed by atoms with Crippen LogP contribution in [0.5, 0.6) is 0 Å². The zero-order chi connectivity index (χ0) is 26.2. The van der Waals surface area contributed by atoms with Crippen LogP contribution in [0, 0.1) is 25.1 Å². The van der Waals surface area contributed by atoms with Crippen LogP contribution in [0.3, 0.4) is 0 Å². The van der Waals surface area contributed by atoms with Crippen LogP contribution in [-0.2, 0) is 6.42 Å². The van der Waals surface area contributed by atoms with E-state index >= 15 is 4.39 Å². The van der Waals surface area contributed by atoms with E-state index in [9.17, 15) is 0 Å². The average molecular weight is 476 g/mol. The van der Waals surface area contributed by atoms with E-state index in [1.54, 1.807) is 11.9 Å². The number of allylic oxidation sites excluding steroid dienone is 3. The molecule has 0 saturated heterocycles. The zero-order valence-corrected chi connectivity index (χ0v) is 22.4. The predicted molar refractivity (Wildman–Crippen MR) is 150 cm³/mol. The Kier molecular flexibility index (Phi) is 10.1. The average Bonchev–Trinajstić information content (AvgIpc) is 2.81. The Balaban J connectivity index is 0.00000100. The predicted octanol–water partition coefficient (Wildman–Crippen LogP) is 7.90. The fourth-order valence-corrected chi connectivity index (χ4v) is 4.28. The molecule has 0 spiro atoms. The molecule has 0 saturated carbocycles. The highest BCUT2D eigenvalue weighted by Crippen LogP contribution is 2.39. The molecule has 2 N–H and O–H groups in total. The summed E-state index contributed by atoms with van der Waals surface area (Å²) >= 11 is 0. The number of hydrazone groups is 1. The summed E-state index contributed by atoms with van der Waals surface area (Å²) in [5.41, 5.74) is 11.8. The molecule has 2 aromatic rings. The number of rotatable bonds is 8. The lowest BCUT2D eigenvalue weighted by molar-refractivity contribution is 0.268. The highest BCUT2D eigenvalue weighted by Gasteiger charge is 2.27. The SMILES string of the molecule is C=C(C)N.C=NN1C=CC(c2ccc(C)c(CCCC(C)(C)C(C)c3ccc(C)cc3)c2F)=CC1. The Morgan fingerprint density at radius 1 is 1.17 bits per heavy atom. The van der Waals surface area contributed by atoms with E-state index in [1.807, 2.05) is 37.4 Å². The second kappa shape index (κ2) is 12.5. The molecule has 1 atom stereocenters. The van der Waals surface area contributed by atoms with Gasteiger partial charge in [0, 0.05) is 18.5 Å². The maximum absolute atomic E-state index is 15.5. The molecule has 3 nitrogen and oxygen atoms in total. The Bertz CT molecular complexity index is 1070.